The van der Waals surface area contributed by atoms with Gasteiger partial charge in [0.15, 0.2) is 11.5 Å². The quantitative estimate of drug-likeness (QED) is 0.821. The van der Waals surface area contributed by atoms with E-state index in [0.29, 0.717) is 17.1 Å². The van der Waals surface area contributed by atoms with Gasteiger partial charge in [-0.15, -0.1) is 0 Å². The van der Waals surface area contributed by atoms with Crippen LogP contribution < -0.4 is 14.2 Å². The Balaban J connectivity index is 2.29. The molecule has 0 saturated heterocycles. The Bertz CT molecular complexity index is 624. The molecule has 2 N–H and O–H groups in total. The Kier molecular flexibility index (Phi) is 5.84. The smallest absolute Gasteiger partial charge is 0.161 e. The third-order valence-corrected chi connectivity index (χ3v) is 3.87. The fourth-order valence-electron chi connectivity index (χ4n) is 2.51. The second kappa shape index (κ2) is 7.85. The number of rotatable bonds is 7. The van der Waals surface area contributed by atoms with Crippen molar-refractivity contribution < 1.29 is 24.4 Å². The minimum absolute atomic E-state index is 0.179. The molecule has 5 heteroatoms. The molecule has 23 heavy (non-hydrogen) atoms. The summed E-state index contributed by atoms with van der Waals surface area (Å²) in [5.41, 5.74) is 1.48. The lowest BCUT2D eigenvalue weighted by Crippen LogP contribution is -2.15. The van der Waals surface area contributed by atoms with E-state index in [-0.39, 0.29) is 6.61 Å². The van der Waals surface area contributed by atoms with Gasteiger partial charge in [0.25, 0.3) is 0 Å². The van der Waals surface area contributed by atoms with E-state index in [9.17, 15) is 10.2 Å². The molecule has 2 aromatic rings. The zero-order valence-electron chi connectivity index (χ0n) is 13.5. The second-order valence-electron chi connectivity index (χ2n) is 5.12. The first-order valence-corrected chi connectivity index (χ1v) is 7.29. The monoisotopic (exact) mass is 318 g/mol. The van der Waals surface area contributed by atoms with Crippen molar-refractivity contribution >= 4 is 0 Å². The summed E-state index contributed by atoms with van der Waals surface area (Å²) in [6.45, 7) is -0.179. The lowest BCUT2D eigenvalue weighted by Gasteiger charge is -2.23. The van der Waals surface area contributed by atoms with Crippen LogP contribution in [0.4, 0.5) is 0 Å². The van der Waals surface area contributed by atoms with Crippen LogP contribution in [-0.2, 0) is 0 Å². The maximum atomic E-state index is 10.7. The molecule has 2 aromatic carbocycles. The molecule has 2 rings (SSSR count). The number of aliphatic hydroxyl groups excluding tert-OH is 2. The summed E-state index contributed by atoms with van der Waals surface area (Å²) < 4.78 is 15.6. The van der Waals surface area contributed by atoms with Crippen molar-refractivity contribution in [1.82, 2.24) is 0 Å². The van der Waals surface area contributed by atoms with Gasteiger partial charge in [-0.1, -0.05) is 18.2 Å². The van der Waals surface area contributed by atoms with Crippen molar-refractivity contribution in [3.8, 4) is 17.2 Å². The molecule has 124 valence electrons. The number of aliphatic hydroxyl groups is 2. The third-order valence-electron chi connectivity index (χ3n) is 3.87. The van der Waals surface area contributed by atoms with Crippen molar-refractivity contribution in [1.29, 1.82) is 0 Å². The van der Waals surface area contributed by atoms with Gasteiger partial charge in [-0.3, -0.25) is 0 Å². The Morgan fingerprint density at radius 2 is 1.43 bits per heavy atom. The second-order valence-corrected chi connectivity index (χ2v) is 5.12. The van der Waals surface area contributed by atoms with E-state index in [1.165, 1.54) is 0 Å². The molecule has 0 saturated carbocycles. The predicted molar refractivity (Wildman–Crippen MR) is 87.3 cm³/mol. The first-order valence-electron chi connectivity index (χ1n) is 7.29. The third kappa shape index (κ3) is 3.75. The predicted octanol–water partition coefficient (Wildman–Crippen LogP) is 2.52. The summed E-state index contributed by atoms with van der Waals surface area (Å²) in [4.78, 5) is 0. The molecular formula is C18H22O5. The van der Waals surface area contributed by atoms with E-state index in [4.69, 9.17) is 14.2 Å². The van der Waals surface area contributed by atoms with Crippen LogP contribution in [0, 0.1) is 0 Å². The van der Waals surface area contributed by atoms with Crippen molar-refractivity contribution in [2.45, 2.75) is 12.0 Å². The molecule has 0 aliphatic carbocycles. The Morgan fingerprint density at radius 1 is 0.826 bits per heavy atom. The molecule has 0 bridgehead atoms. The number of benzene rings is 2. The van der Waals surface area contributed by atoms with E-state index in [1.807, 2.05) is 12.1 Å². The van der Waals surface area contributed by atoms with Gasteiger partial charge in [-0.2, -0.15) is 0 Å². The maximum absolute atomic E-state index is 10.7. The molecule has 0 radical (unpaired) electrons. The van der Waals surface area contributed by atoms with Gasteiger partial charge >= 0.3 is 0 Å². The topological polar surface area (TPSA) is 68.2 Å². The van der Waals surface area contributed by atoms with Crippen LogP contribution in [0.25, 0.3) is 0 Å². The largest absolute Gasteiger partial charge is 0.497 e. The van der Waals surface area contributed by atoms with Gasteiger partial charge < -0.3 is 24.4 Å². The van der Waals surface area contributed by atoms with Crippen molar-refractivity contribution in [3.05, 3.63) is 53.6 Å². The van der Waals surface area contributed by atoms with Crippen LogP contribution in [0.2, 0.25) is 0 Å². The van der Waals surface area contributed by atoms with Crippen LogP contribution in [0.3, 0.4) is 0 Å². The summed E-state index contributed by atoms with van der Waals surface area (Å²) in [5.74, 6) is 1.41. The molecule has 0 aliphatic heterocycles. The summed E-state index contributed by atoms with van der Waals surface area (Å²) in [7, 11) is 4.69. The SMILES string of the molecule is COc1ccc(C(CO)C(O)c2ccc(OC)c(OC)c2)cc1. The first kappa shape index (κ1) is 17.1. The minimum Gasteiger partial charge on any atom is -0.497 e. The number of hydrogen-bond acceptors (Lipinski definition) is 5. The highest BCUT2D eigenvalue weighted by atomic mass is 16.5. The van der Waals surface area contributed by atoms with E-state index in [1.54, 1.807) is 51.7 Å². The Hall–Kier alpha value is -2.24. The number of methoxy groups -OCH3 is 3. The maximum Gasteiger partial charge on any atom is 0.161 e. The summed E-state index contributed by atoms with van der Waals surface area (Å²) in [5, 5.41) is 20.4. The molecule has 2 atom stereocenters. The average molecular weight is 318 g/mol. The van der Waals surface area contributed by atoms with Crippen molar-refractivity contribution in [2.24, 2.45) is 0 Å². The molecule has 0 spiro atoms. The standard InChI is InChI=1S/C18H22O5/c1-21-14-7-4-12(5-8-14)15(11-19)18(20)13-6-9-16(22-2)17(10-13)23-3/h4-10,15,18-20H,11H2,1-3H3. The fourth-order valence-corrected chi connectivity index (χ4v) is 2.51. The molecule has 0 amide bonds. The molecule has 5 nitrogen and oxygen atoms in total. The van der Waals surface area contributed by atoms with Crippen molar-refractivity contribution in [3.63, 3.8) is 0 Å². The molecule has 2 unspecified atom stereocenters. The average Bonchev–Trinajstić information content (AvgIpc) is 2.62. The molecule has 0 heterocycles. The van der Waals surface area contributed by atoms with E-state index >= 15 is 0 Å². The van der Waals surface area contributed by atoms with Gasteiger partial charge in [0.05, 0.1) is 34.0 Å². The molecule has 0 fully saturated rings. The van der Waals surface area contributed by atoms with Gasteiger partial charge in [0.2, 0.25) is 0 Å². The summed E-state index contributed by atoms with van der Waals surface area (Å²) in [6.07, 6.45) is -0.867. The lowest BCUT2D eigenvalue weighted by atomic mass is 9.89. The highest BCUT2D eigenvalue weighted by Gasteiger charge is 2.23. The first-order chi connectivity index (χ1) is 11.1. The number of ether oxygens (including phenoxy) is 3. The Morgan fingerprint density at radius 3 is 1.96 bits per heavy atom. The van der Waals surface area contributed by atoms with Gasteiger partial charge in [-0.25, -0.2) is 0 Å². The zero-order chi connectivity index (χ0) is 16.8. The van der Waals surface area contributed by atoms with Crippen LogP contribution in [0.1, 0.15) is 23.1 Å². The van der Waals surface area contributed by atoms with Gasteiger partial charge in [0, 0.05) is 5.92 Å². The zero-order valence-corrected chi connectivity index (χ0v) is 13.5. The fraction of sp³-hybridized carbons (Fsp3) is 0.333. The van der Waals surface area contributed by atoms with E-state index in [0.717, 1.165) is 11.3 Å². The van der Waals surface area contributed by atoms with Crippen LogP contribution >= 0.6 is 0 Å². The minimum atomic E-state index is -0.867. The summed E-state index contributed by atoms with van der Waals surface area (Å²) in [6, 6.07) is 12.5. The van der Waals surface area contributed by atoms with Gasteiger partial charge in [-0.05, 0) is 35.4 Å². The highest BCUT2D eigenvalue weighted by Crippen LogP contribution is 2.36. The van der Waals surface area contributed by atoms with E-state index < -0.39 is 12.0 Å². The highest BCUT2D eigenvalue weighted by molar-refractivity contribution is 5.44. The normalized spacial score (nSPS) is 13.3. The lowest BCUT2D eigenvalue weighted by molar-refractivity contribution is 0.106. The molecule has 0 aliphatic rings. The van der Waals surface area contributed by atoms with E-state index in [2.05, 4.69) is 0 Å². The molecule has 0 aromatic heterocycles. The van der Waals surface area contributed by atoms with Crippen LogP contribution in [-0.4, -0.2) is 38.1 Å². The molecular weight excluding hydrogens is 296 g/mol. The van der Waals surface area contributed by atoms with Crippen molar-refractivity contribution in [2.75, 3.05) is 27.9 Å². The van der Waals surface area contributed by atoms with Crippen LogP contribution in [0.15, 0.2) is 42.5 Å². The summed E-state index contributed by atoms with van der Waals surface area (Å²) >= 11 is 0. The van der Waals surface area contributed by atoms with Crippen LogP contribution in [0.5, 0.6) is 17.2 Å². The Labute approximate surface area is 136 Å². The number of hydrogen-bond donors (Lipinski definition) is 2. The van der Waals surface area contributed by atoms with Gasteiger partial charge in [0.1, 0.15) is 5.75 Å².